The fourth-order valence-corrected chi connectivity index (χ4v) is 3.44. The zero-order valence-electron chi connectivity index (χ0n) is 16.7. The van der Waals surface area contributed by atoms with E-state index < -0.39 is 0 Å². The summed E-state index contributed by atoms with van der Waals surface area (Å²) in [6, 6.07) is 19.1. The van der Waals surface area contributed by atoms with E-state index in [2.05, 4.69) is 16.0 Å². The van der Waals surface area contributed by atoms with Gasteiger partial charge >= 0.3 is 0 Å². The number of rotatable bonds is 5. The molecule has 0 spiro atoms. The second-order valence-electron chi connectivity index (χ2n) is 7.07. The molecule has 0 unspecified atom stereocenters. The smallest absolute Gasteiger partial charge is 0.259 e. The summed E-state index contributed by atoms with van der Waals surface area (Å²) in [5.74, 6) is 2.05. The fraction of sp³-hybridized carbons (Fsp3) is 0.167. The van der Waals surface area contributed by atoms with Gasteiger partial charge in [0.15, 0.2) is 0 Å². The minimum absolute atomic E-state index is 0.158. The summed E-state index contributed by atoms with van der Waals surface area (Å²) in [7, 11) is 1.63. The molecule has 0 saturated carbocycles. The molecular formula is C24H22N2O3. The average Bonchev–Trinajstić information content (AvgIpc) is 2.71. The second-order valence-corrected chi connectivity index (χ2v) is 7.07. The molecule has 4 rings (SSSR count). The van der Waals surface area contributed by atoms with E-state index in [4.69, 9.17) is 9.47 Å². The molecule has 0 aliphatic rings. The van der Waals surface area contributed by atoms with Crippen LogP contribution in [0.3, 0.4) is 0 Å². The van der Waals surface area contributed by atoms with Crippen molar-refractivity contribution in [1.29, 1.82) is 0 Å². The largest absolute Gasteiger partial charge is 0.496 e. The van der Waals surface area contributed by atoms with Gasteiger partial charge in [0.05, 0.1) is 18.0 Å². The van der Waals surface area contributed by atoms with Crippen LogP contribution in [-0.2, 0) is 6.61 Å². The van der Waals surface area contributed by atoms with Gasteiger partial charge in [-0.25, -0.2) is 4.98 Å². The molecule has 0 saturated heterocycles. The highest BCUT2D eigenvalue weighted by molar-refractivity contribution is 5.79. The standard InChI is InChI=1S/C24H22N2O3/c1-15-10-16(2)12-19(11-15)29-14-18-13-17(8-9-22(18)28-3)23-25-21-7-5-4-6-20(21)24(27)26-23/h4-13H,14H2,1-3H3,(H,25,26,27). The Balaban J connectivity index is 1.69. The highest BCUT2D eigenvalue weighted by atomic mass is 16.5. The maximum Gasteiger partial charge on any atom is 0.259 e. The Kier molecular flexibility index (Phi) is 5.04. The van der Waals surface area contributed by atoms with Gasteiger partial charge in [0.25, 0.3) is 5.56 Å². The molecule has 1 aromatic heterocycles. The number of nitrogens with one attached hydrogen (secondary N) is 1. The normalized spacial score (nSPS) is 10.9. The predicted octanol–water partition coefficient (Wildman–Crippen LogP) is 4.79. The van der Waals surface area contributed by atoms with E-state index in [9.17, 15) is 4.79 Å². The summed E-state index contributed by atoms with van der Waals surface area (Å²) < 4.78 is 11.5. The van der Waals surface area contributed by atoms with Crippen molar-refractivity contribution in [2.75, 3.05) is 7.11 Å². The highest BCUT2D eigenvalue weighted by Crippen LogP contribution is 2.27. The number of ether oxygens (including phenoxy) is 2. The van der Waals surface area contributed by atoms with Crippen molar-refractivity contribution in [3.05, 3.63) is 87.7 Å². The van der Waals surface area contributed by atoms with Crippen LogP contribution in [0.2, 0.25) is 0 Å². The summed E-state index contributed by atoms with van der Waals surface area (Å²) in [6.07, 6.45) is 0. The molecule has 0 amide bonds. The van der Waals surface area contributed by atoms with Crippen LogP contribution in [0.15, 0.2) is 65.5 Å². The predicted molar refractivity (Wildman–Crippen MR) is 115 cm³/mol. The van der Waals surface area contributed by atoms with Gasteiger partial charge < -0.3 is 14.5 Å². The van der Waals surface area contributed by atoms with Crippen LogP contribution in [-0.4, -0.2) is 17.1 Å². The van der Waals surface area contributed by atoms with Crippen molar-refractivity contribution in [1.82, 2.24) is 9.97 Å². The molecule has 5 heteroatoms. The third-order valence-electron chi connectivity index (χ3n) is 4.76. The zero-order chi connectivity index (χ0) is 20.4. The number of H-pyrrole nitrogens is 1. The van der Waals surface area contributed by atoms with Gasteiger partial charge in [-0.05, 0) is 67.4 Å². The highest BCUT2D eigenvalue weighted by Gasteiger charge is 2.11. The third-order valence-corrected chi connectivity index (χ3v) is 4.76. The summed E-state index contributed by atoms with van der Waals surface area (Å²) in [5.41, 5.74) is 4.48. The van der Waals surface area contributed by atoms with E-state index in [0.29, 0.717) is 23.3 Å². The molecule has 0 atom stereocenters. The van der Waals surface area contributed by atoms with Gasteiger partial charge in [-0.3, -0.25) is 4.79 Å². The number of hydrogen-bond acceptors (Lipinski definition) is 4. The first kappa shape index (κ1) is 18.7. The maximum absolute atomic E-state index is 12.4. The molecule has 0 fully saturated rings. The van der Waals surface area contributed by atoms with Gasteiger partial charge in [-0.2, -0.15) is 0 Å². The van der Waals surface area contributed by atoms with Gasteiger partial charge in [0.2, 0.25) is 0 Å². The van der Waals surface area contributed by atoms with Crippen molar-refractivity contribution in [2.45, 2.75) is 20.5 Å². The molecule has 0 bridgehead atoms. The quantitative estimate of drug-likeness (QED) is 0.535. The maximum atomic E-state index is 12.4. The van der Waals surface area contributed by atoms with E-state index in [1.165, 1.54) is 0 Å². The van der Waals surface area contributed by atoms with Crippen LogP contribution < -0.4 is 15.0 Å². The van der Waals surface area contributed by atoms with Crippen molar-refractivity contribution in [2.24, 2.45) is 0 Å². The number of benzene rings is 3. The Morgan fingerprint density at radius 1 is 0.966 bits per heavy atom. The Labute approximate surface area is 169 Å². The van der Waals surface area contributed by atoms with Crippen LogP contribution in [0, 0.1) is 13.8 Å². The fourth-order valence-electron chi connectivity index (χ4n) is 3.44. The number of aromatic amines is 1. The summed E-state index contributed by atoms with van der Waals surface area (Å²) in [6.45, 7) is 4.43. The lowest BCUT2D eigenvalue weighted by Crippen LogP contribution is -2.09. The Bertz CT molecular complexity index is 1220. The lowest BCUT2D eigenvalue weighted by atomic mass is 10.1. The Hall–Kier alpha value is -3.60. The molecular weight excluding hydrogens is 364 g/mol. The first-order chi connectivity index (χ1) is 14.0. The molecule has 146 valence electrons. The molecule has 0 radical (unpaired) electrons. The number of fused-ring (bicyclic) bond motifs is 1. The number of nitrogens with zero attached hydrogens (tertiary/aromatic N) is 1. The first-order valence-corrected chi connectivity index (χ1v) is 9.41. The molecule has 4 aromatic rings. The lowest BCUT2D eigenvalue weighted by molar-refractivity contribution is 0.296. The summed E-state index contributed by atoms with van der Waals surface area (Å²) >= 11 is 0. The number of aryl methyl sites for hydroxylation is 2. The molecule has 3 aromatic carbocycles. The number of methoxy groups -OCH3 is 1. The zero-order valence-corrected chi connectivity index (χ0v) is 16.7. The summed E-state index contributed by atoms with van der Waals surface area (Å²) in [4.78, 5) is 19.9. The minimum atomic E-state index is -0.158. The molecule has 1 heterocycles. The molecule has 0 aliphatic carbocycles. The molecule has 29 heavy (non-hydrogen) atoms. The second kappa shape index (κ2) is 7.80. The van der Waals surface area contributed by atoms with E-state index in [1.54, 1.807) is 13.2 Å². The van der Waals surface area contributed by atoms with E-state index >= 15 is 0 Å². The van der Waals surface area contributed by atoms with Crippen LogP contribution in [0.5, 0.6) is 11.5 Å². The van der Waals surface area contributed by atoms with Crippen molar-refractivity contribution >= 4 is 10.9 Å². The third kappa shape index (κ3) is 3.99. The van der Waals surface area contributed by atoms with Crippen LogP contribution >= 0.6 is 0 Å². The van der Waals surface area contributed by atoms with Crippen molar-refractivity contribution < 1.29 is 9.47 Å². The van der Waals surface area contributed by atoms with Gasteiger partial charge in [-0.1, -0.05) is 18.2 Å². The molecule has 0 aliphatic heterocycles. The Morgan fingerprint density at radius 3 is 2.48 bits per heavy atom. The van der Waals surface area contributed by atoms with Gasteiger partial charge in [-0.15, -0.1) is 0 Å². The van der Waals surface area contributed by atoms with Crippen LogP contribution in [0.4, 0.5) is 0 Å². The average molecular weight is 386 g/mol. The van der Waals surface area contributed by atoms with Crippen LogP contribution in [0.1, 0.15) is 16.7 Å². The monoisotopic (exact) mass is 386 g/mol. The number of hydrogen-bond donors (Lipinski definition) is 1. The number of para-hydroxylation sites is 1. The molecule has 1 N–H and O–H groups in total. The van der Waals surface area contributed by atoms with Crippen molar-refractivity contribution in [3.8, 4) is 22.9 Å². The lowest BCUT2D eigenvalue weighted by Gasteiger charge is -2.13. The van der Waals surface area contributed by atoms with E-state index in [1.807, 2.05) is 62.4 Å². The van der Waals surface area contributed by atoms with E-state index in [0.717, 1.165) is 33.8 Å². The van der Waals surface area contributed by atoms with Gasteiger partial charge in [0.1, 0.15) is 23.9 Å². The number of aromatic nitrogens is 2. The topological polar surface area (TPSA) is 64.2 Å². The summed E-state index contributed by atoms with van der Waals surface area (Å²) in [5, 5.41) is 0.572. The van der Waals surface area contributed by atoms with Gasteiger partial charge in [0, 0.05) is 11.1 Å². The molecule has 5 nitrogen and oxygen atoms in total. The van der Waals surface area contributed by atoms with Crippen molar-refractivity contribution in [3.63, 3.8) is 0 Å². The van der Waals surface area contributed by atoms with Crippen LogP contribution in [0.25, 0.3) is 22.3 Å². The SMILES string of the molecule is COc1ccc(-c2nc3ccccc3c(=O)[nH]2)cc1COc1cc(C)cc(C)c1. The first-order valence-electron chi connectivity index (χ1n) is 9.41. The Morgan fingerprint density at radius 2 is 1.72 bits per heavy atom. The van der Waals surface area contributed by atoms with E-state index in [-0.39, 0.29) is 5.56 Å². The minimum Gasteiger partial charge on any atom is -0.496 e.